The summed E-state index contributed by atoms with van der Waals surface area (Å²) < 4.78 is 7.08. The number of benzene rings is 2. The summed E-state index contributed by atoms with van der Waals surface area (Å²) in [7, 11) is 1.62. The molecule has 1 amide bonds. The van der Waals surface area contributed by atoms with Crippen molar-refractivity contribution in [2.75, 3.05) is 20.2 Å². The van der Waals surface area contributed by atoms with Gasteiger partial charge in [-0.3, -0.25) is 9.69 Å². The van der Waals surface area contributed by atoms with Crippen molar-refractivity contribution in [1.29, 1.82) is 0 Å². The third-order valence-corrected chi connectivity index (χ3v) is 5.84. The van der Waals surface area contributed by atoms with E-state index in [0.29, 0.717) is 18.0 Å². The molecule has 2 aromatic carbocycles. The summed E-state index contributed by atoms with van der Waals surface area (Å²) in [6, 6.07) is 15.8. The second kappa shape index (κ2) is 9.97. The van der Waals surface area contributed by atoms with Gasteiger partial charge in [0.15, 0.2) is 5.69 Å². The number of methoxy groups -OCH3 is 1. The van der Waals surface area contributed by atoms with Gasteiger partial charge in [0, 0.05) is 32.4 Å². The molecule has 3 aromatic rings. The van der Waals surface area contributed by atoms with Gasteiger partial charge in [0.25, 0.3) is 5.91 Å². The van der Waals surface area contributed by atoms with Gasteiger partial charge < -0.3 is 15.2 Å². The number of carbonyl (C=O) groups is 1. The van der Waals surface area contributed by atoms with Crippen molar-refractivity contribution in [2.24, 2.45) is 0 Å². The first-order chi connectivity index (χ1) is 15.5. The van der Waals surface area contributed by atoms with E-state index in [4.69, 9.17) is 4.74 Å². The van der Waals surface area contributed by atoms with E-state index in [0.717, 1.165) is 49.3 Å². The van der Waals surface area contributed by atoms with Crippen LogP contribution in [0.1, 0.15) is 40.0 Å². The van der Waals surface area contributed by atoms with Gasteiger partial charge in [0.2, 0.25) is 0 Å². The van der Waals surface area contributed by atoms with Crippen LogP contribution in [0, 0.1) is 6.92 Å². The van der Waals surface area contributed by atoms with Gasteiger partial charge in [-0.05, 0) is 54.7 Å². The van der Waals surface area contributed by atoms with E-state index in [9.17, 15) is 9.90 Å². The van der Waals surface area contributed by atoms with E-state index in [2.05, 4.69) is 27.4 Å². The second-order valence-corrected chi connectivity index (χ2v) is 8.33. The maximum absolute atomic E-state index is 12.6. The Morgan fingerprint density at radius 3 is 2.56 bits per heavy atom. The van der Waals surface area contributed by atoms with Crippen LogP contribution < -0.4 is 10.1 Å². The van der Waals surface area contributed by atoms with Crippen molar-refractivity contribution < 1.29 is 14.6 Å². The summed E-state index contributed by atoms with van der Waals surface area (Å²) in [5.74, 6) is 0.484. The first-order valence-electron chi connectivity index (χ1n) is 11.0. The molecule has 1 fully saturated rings. The monoisotopic (exact) mass is 434 g/mol. The maximum atomic E-state index is 12.6. The zero-order valence-corrected chi connectivity index (χ0v) is 18.6. The van der Waals surface area contributed by atoms with Crippen LogP contribution in [0.5, 0.6) is 5.75 Å². The van der Waals surface area contributed by atoms with Crippen LogP contribution in [0.4, 0.5) is 0 Å². The number of carbonyl (C=O) groups excluding carboxylic acids is 1. The minimum atomic E-state index is -0.216. The van der Waals surface area contributed by atoms with Crippen LogP contribution in [0.2, 0.25) is 0 Å². The lowest BCUT2D eigenvalue weighted by molar-refractivity contribution is 0.0792. The van der Waals surface area contributed by atoms with Crippen LogP contribution >= 0.6 is 0 Å². The number of ether oxygens (including phenoxy) is 1. The zero-order chi connectivity index (χ0) is 22.5. The number of hydrogen-bond acceptors (Lipinski definition) is 5. The minimum Gasteiger partial charge on any atom is -0.494 e. The molecule has 1 aliphatic rings. The predicted octanol–water partition coefficient (Wildman–Crippen LogP) is 3.08. The average molecular weight is 435 g/mol. The molecule has 7 nitrogen and oxygen atoms in total. The third kappa shape index (κ3) is 5.36. The molecule has 0 bridgehead atoms. The number of likely N-dealkylation sites (tertiary alicyclic amines) is 1. The molecule has 0 atom stereocenters. The van der Waals surface area contributed by atoms with Gasteiger partial charge in [-0.15, -0.1) is 0 Å². The lowest BCUT2D eigenvalue weighted by Crippen LogP contribution is -2.35. The van der Waals surface area contributed by atoms with Crippen molar-refractivity contribution in [3.8, 4) is 11.4 Å². The molecule has 168 valence electrons. The summed E-state index contributed by atoms with van der Waals surface area (Å²) >= 11 is 0. The van der Waals surface area contributed by atoms with E-state index in [1.165, 1.54) is 5.56 Å². The third-order valence-electron chi connectivity index (χ3n) is 5.84. The summed E-state index contributed by atoms with van der Waals surface area (Å²) in [4.78, 5) is 15.0. The topological polar surface area (TPSA) is 79.6 Å². The largest absolute Gasteiger partial charge is 0.494 e. The van der Waals surface area contributed by atoms with E-state index >= 15 is 0 Å². The Kier molecular flexibility index (Phi) is 6.87. The number of nitrogens with one attached hydrogen (secondary N) is 1. The highest BCUT2D eigenvalue weighted by Crippen LogP contribution is 2.23. The Labute approximate surface area is 188 Å². The highest BCUT2D eigenvalue weighted by atomic mass is 16.5. The molecule has 7 heteroatoms. The quantitative estimate of drug-likeness (QED) is 0.598. The molecule has 2 heterocycles. The summed E-state index contributed by atoms with van der Waals surface area (Å²) in [6.07, 6.45) is 3.30. The molecule has 4 rings (SSSR count). The second-order valence-electron chi connectivity index (χ2n) is 8.33. The molecule has 0 radical (unpaired) electrons. The van der Waals surface area contributed by atoms with Crippen LogP contribution in [-0.2, 0) is 13.1 Å². The van der Waals surface area contributed by atoms with E-state index in [1.807, 2.05) is 37.3 Å². The van der Waals surface area contributed by atoms with Crippen molar-refractivity contribution in [3.63, 3.8) is 0 Å². The van der Waals surface area contributed by atoms with Crippen molar-refractivity contribution >= 4 is 5.91 Å². The molecule has 1 saturated heterocycles. The first kappa shape index (κ1) is 22.0. The van der Waals surface area contributed by atoms with E-state index in [-0.39, 0.29) is 12.0 Å². The van der Waals surface area contributed by atoms with Crippen LogP contribution in [0.3, 0.4) is 0 Å². The summed E-state index contributed by atoms with van der Waals surface area (Å²) in [6.45, 7) is 5.19. The SMILES string of the molecule is COc1ccc(C)cc1-n1ccc(C(=O)NCc2ccc(CN3CCC(O)CC3)cc2)n1. The molecule has 0 aliphatic carbocycles. The van der Waals surface area contributed by atoms with Crippen LogP contribution in [0.25, 0.3) is 5.69 Å². The Morgan fingerprint density at radius 2 is 1.84 bits per heavy atom. The lowest BCUT2D eigenvalue weighted by atomic mass is 10.1. The number of nitrogens with zero attached hydrogens (tertiary/aromatic N) is 3. The molecule has 0 saturated carbocycles. The van der Waals surface area contributed by atoms with Crippen molar-refractivity contribution in [3.05, 3.63) is 77.1 Å². The summed E-state index contributed by atoms with van der Waals surface area (Å²) in [5, 5.41) is 17.0. The Hall–Kier alpha value is -3.16. The molecule has 32 heavy (non-hydrogen) atoms. The number of amides is 1. The van der Waals surface area contributed by atoms with Crippen LogP contribution in [0.15, 0.2) is 54.7 Å². The molecule has 1 aliphatic heterocycles. The smallest absolute Gasteiger partial charge is 0.272 e. The molecule has 2 N–H and O–H groups in total. The summed E-state index contributed by atoms with van der Waals surface area (Å²) in [5.41, 5.74) is 4.52. The highest BCUT2D eigenvalue weighted by Gasteiger charge is 2.17. The fourth-order valence-electron chi connectivity index (χ4n) is 3.93. The Balaban J connectivity index is 1.33. The normalized spacial score (nSPS) is 15.0. The molecule has 1 aromatic heterocycles. The number of aryl methyl sites for hydroxylation is 1. The number of rotatable bonds is 7. The van der Waals surface area contributed by atoms with Gasteiger partial charge in [0.05, 0.1) is 13.2 Å². The van der Waals surface area contributed by atoms with E-state index in [1.54, 1.807) is 24.1 Å². The van der Waals surface area contributed by atoms with Crippen molar-refractivity contribution in [1.82, 2.24) is 20.0 Å². The zero-order valence-electron chi connectivity index (χ0n) is 18.6. The number of aliphatic hydroxyl groups excluding tert-OH is 1. The standard InChI is InChI=1S/C25H30N4O3/c1-18-3-8-24(32-2)23(15-18)29-14-11-22(27-29)25(31)26-16-19-4-6-20(7-5-19)17-28-12-9-21(30)10-13-28/h3-8,11,14-15,21,30H,9-10,12-13,16-17H2,1-2H3,(H,26,31). The number of hydrogen-bond donors (Lipinski definition) is 2. The van der Waals surface area contributed by atoms with Gasteiger partial charge in [0.1, 0.15) is 11.4 Å². The molecular formula is C25H30N4O3. The lowest BCUT2D eigenvalue weighted by Gasteiger charge is -2.29. The van der Waals surface area contributed by atoms with Crippen molar-refractivity contribution in [2.45, 2.75) is 39.0 Å². The molecular weight excluding hydrogens is 404 g/mol. The Morgan fingerprint density at radius 1 is 1.12 bits per heavy atom. The average Bonchev–Trinajstić information content (AvgIpc) is 3.30. The van der Waals surface area contributed by atoms with Gasteiger partial charge in [-0.1, -0.05) is 30.3 Å². The highest BCUT2D eigenvalue weighted by molar-refractivity contribution is 5.92. The van der Waals surface area contributed by atoms with E-state index < -0.39 is 0 Å². The fraction of sp³-hybridized carbons (Fsp3) is 0.360. The van der Waals surface area contributed by atoms with Crippen LogP contribution in [-0.4, -0.2) is 52.0 Å². The Bertz CT molecular complexity index is 1050. The van der Waals surface area contributed by atoms with Gasteiger partial charge in [-0.25, -0.2) is 4.68 Å². The molecule has 0 spiro atoms. The number of aliphatic hydroxyl groups is 1. The number of piperidine rings is 1. The predicted molar refractivity (Wildman–Crippen MR) is 123 cm³/mol. The fourth-order valence-corrected chi connectivity index (χ4v) is 3.93. The first-order valence-corrected chi connectivity index (χ1v) is 11.0. The maximum Gasteiger partial charge on any atom is 0.272 e. The van der Waals surface area contributed by atoms with Gasteiger partial charge >= 0.3 is 0 Å². The minimum absolute atomic E-state index is 0.150. The number of aromatic nitrogens is 2. The molecule has 0 unspecified atom stereocenters. The van der Waals surface area contributed by atoms with Gasteiger partial charge in [-0.2, -0.15) is 5.10 Å².